The Kier molecular flexibility index (Phi) is 10.3. The molecule has 16 heteroatoms. The number of sulfonamides is 2. The number of nitrogens with one attached hydrogen (secondary N) is 2. The summed E-state index contributed by atoms with van der Waals surface area (Å²) in [4.78, 5) is 16.4. The minimum absolute atomic E-state index is 0.102. The highest BCUT2D eigenvalue weighted by atomic mass is 32.2. The van der Waals surface area contributed by atoms with Crippen molar-refractivity contribution in [2.75, 3.05) is 15.3 Å². The van der Waals surface area contributed by atoms with E-state index in [1.807, 2.05) is 4.72 Å². The molecule has 1 unspecified atom stereocenters. The fourth-order valence-corrected chi connectivity index (χ4v) is 6.43. The van der Waals surface area contributed by atoms with Gasteiger partial charge in [0.05, 0.1) is 29.3 Å². The van der Waals surface area contributed by atoms with Crippen molar-refractivity contribution in [2.24, 2.45) is 0 Å². The second-order valence-electron chi connectivity index (χ2n) is 10.7. The molecule has 1 atom stereocenters. The molecule has 2 N–H and O–H groups in total. The SMILES string of the molecule is Cc1ccc(CN(c2nc(C(F)(F)F)ccc2CNC(=O)C(C)c2ccc(NS(C)(=O)=O)c(F)c2)S(=O)(=O)c2ccc(F)cc2)cc1. The molecule has 47 heavy (non-hydrogen) atoms. The molecule has 4 rings (SSSR count). The number of pyridine rings is 1. The summed E-state index contributed by atoms with van der Waals surface area (Å²) in [5.74, 6) is -4.02. The number of carbonyl (C=O) groups excluding carboxylic acids is 1. The zero-order valence-electron chi connectivity index (χ0n) is 25.1. The van der Waals surface area contributed by atoms with Crippen LogP contribution in [0.1, 0.15) is 40.8 Å². The molecule has 0 spiro atoms. The fraction of sp³-hybridized carbons (Fsp3) is 0.226. The number of hydrogen-bond donors (Lipinski definition) is 2. The van der Waals surface area contributed by atoms with Crippen LogP contribution < -0.4 is 14.3 Å². The van der Waals surface area contributed by atoms with Crippen LogP contribution in [0, 0.1) is 18.6 Å². The Morgan fingerprint density at radius 2 is 1.55 bits per heavy atom. The quantitative estimate of drug-likeness (QED) is 0.189. The normalized spacial score (nSPS) is 12.8. The molecule has 0 saturated heterocycles. The zero-order valence-corrected chi connectivity index (χ0v) is 26.8. The number of carbonyl (C=O) groups is 1. The number of aromatic nitrogens is 1. The molecule has 1 heterocycles. The second-order valence-corrected chi connectivity index (χ2v) is 14.3. The predicted molar refractivity (Wildman–Crippen MR) is 165 cm³/mol. The molecular weight excluding hydrogens is 667 g/mol. The third kappa shape index (κ3) is 8.83. The van der Waals surface area contributed by atoms with Gasteiger partial charge in [0.2, 0.25) is 15.9 Å². The molecule has 250 valence electrons. The van der Waals surface area contributed by atoms with Crippen LogP contribution in [0.4, 0.5) is 33.5 Å². The van der Waals surface area contributed by atoms with E-state index >= 15 is 0 Å². The van der Waals surface area contributed by atoms with Gasteiger partial charge in [-0.15, -0.1) is 0 Å². The number of amides is 1. The third-order valence-electron chi connectivity index (χ3n) is 6.97. The van der Waals surface area contributed by atoms with Crippen molar-refractivity contribution in [1.29, 1.82) is 0 Å². The van der Waals surface area contributed by atoms with E-state index in [-0.39, 0.29) is 16.8 Å². The van der Waals surface area contributed by atoms with Gasteiger partial charge in [0.25, 0.3) is 10.0 Å². The Morgan fingerprint density at radius 3 is 2.13 bits per heavy atom. The van der Waals surface area contributed by atoms with Crippen LogP contribution in [0.25, 0.3) is 0 Å². The summed E-state index contributed by atoms with van der Waals surface area (Å²) in [7, 11) is -8.42. The summed E-state index contributed by atoms with van der Waals surface area (Å²) in [5, 5.41) is 2.53. The van der Waals surface area contributed by atoms with E-state index in [1.165, 1.54) is 13.0 Å². The molecule has 1 amide bonds. The maximum absolute atomic E-state index is 14.6. The Labute approximate surface area is 268 Å². The van der Waals surface area contributed by atoms with E-state index < -0.39 is 79.2 Å². The molecule has 0 aliphatic rings. The second kappa shape index (κ2) is 13.7. The van der Waals surface area contributed by atoms with Crippen molar-refractivity contribution in [2.45, 2.75) is 43.9 Å². The monoisotopic (exact) mass is 696 g/mol. The van der Waals surface area contributed by atoms with Gasteiger partial charge in [-0.3, -0.25) is 9.52 Å². The number of rotatable bonds is 11. The van der Waals surface area contributed by atoms with Crippen molar-refractivity contribution in [3.63, 3.8) is 0 Å². The van der Waals surface area contributed by atoms with Gasteiger partial charge in [-0.25, -0.2) is 34.9 Å². The molecule has 3 aromatic carbocycles. The fourth-order valence-electron chi connectivity index (χ4n) is 4.43. The lowest BCUT2D eigenvalue weighted by Crippen LogP contribution is -2.34. The first-order chi connectivity index (χ1) is 21.8. The lowest BCUT2D eigenvalue weighted by atomic mass is 9.99. The molecule has 0 radical (unpaired) electrons. The number of anilines is 2. The Balaban J connectivity index is 1.73. The van der Waals surface area contributed by atoms with E-state index in [0.717, 1.165) is 54.3 Å². The maximum atomic E-state index is 14.6. The van der Waals surface area contributed by atoms with E-state index in [1.54, 1.807) is 31.2 Å². The predicted octanol–water partition coefficient (Wildman–Crippen LogP) is 5.87. The number of benzene rings is 3. The summed E-state index contributed by atoms with van der Waals surface area (Å²) in [5.41, 5.74) is -0.421. The van der Waals surface area contributed by atoms with E-state index in [9.17, 15) is 43.6 Å². The number of aryl methyl sites for hydroxylation is 1. The Bertz CT molecular complexity index is 1990. The van der Waals surface area contributed by atoms with E-state index in [0.29, 0.717) is 15.9 Å². The number of nitrogens with zero attached hydrogens (tertiary/aromatic N) is 2. The smallest absolute Gasteiger partial charge is 0.351 e. The van der Waals surface area contributed by atoms with Crippen LogP contribution in [0.3, 0.4) is 0 Å². The minimum atomic E-state index is -4.96. The summed E-state index contributed by atoms with van der Waals surface area (Å²) in [6.07, 6.45) is -4.12. The Morgan fingerprint density at radius 1 is 0.915 bits per heavy atom. The lowest BCUT2D eigenvalue weighted by molar-refractivity contribution is -0.141. The number of hydrogen-bond acceptors (Lipinski definition) is 6. The summed E-state index contributed by atoms with van der Waals surface area (Å²) in [6.45, 7) is 2.27. The first-order valence-electron chi connectivity index (χ1n) is 13.8. The largest absolute Gasteiger partial charge is 0.433 e. The maximum Gasteiger partial charge on any atom is 0.433 e. The van der Waals surface area contributed by atoms with Crippen molar-refractivity contribution in [1.82, 2.24) is 10.3 Å². The van der Waals surface area contributed by atoms with Crippen molar-refractivity contribution in [3.8, 4) is 0 Å². The molecule has 0 bridgehead atoms. The van der Waals surface area contributed by atoms with Crippen LogP contribution in [0.5, 0.6) is 0 Å². The van der Waals surface area contributed by atoms with Gasteiger partial charge in [-0.2, -0.15) is 13.2 Å². The molecular formula is C31H29F5N4O5S2. The summed E-state index contributed by atoms with van der Waals surface area (Å²) >= 11 is 0. The Hall–Kier alpha value is -4.57. The van der Waals surface area contributed by atoms with Gasteiger partial charge in [0.15, 0.2) is 0 Å². The number of alkyl halides is 3. The van der Waals surface area contributed by atoms with Gasteiger partial charge in [0, 0.05) is 12.1 Å². The highest BCUT2D eigenvalue weighted by molar-refractivity contribution is 7.92. The van der Waals surface area contributed by atoms with E-state index in [2.05, 4.69) is 10.3 Å². The highest BCUT2D eigenvalue weighted by Crippen LogP contribution is 2.34. The van der Waals surface area contributed by atoms with Gasteiger partial charge in [-0.05, 0) is 67.4 Å². The average Bonchev–Trinajstić information content (AvgIpc) is 2.99. The van der Waals surface area contributed by atoms with Gasteiger partial charge < -0.3 is 5.32 Å². The molecule has 0 saturated carbocycles. The standard InChI is InChI=1S/C31H29F5N4O5S2/c1-19-4-6-21(7-5-19)18-40(47(44,45)25-12-10-24(32)11-13-25)29-23(9-15-28(38-29)31(34,35)36)17-37-30(41)20(2)22-8-14-27(26(33)16-22)39-46(3,42)43/h4-16,20,39H,17-18H2,1-3H3,(H,37,41). The topological polar surface area (TPSA) is 126 Å². The zero-order chi connectivity index (χ0) is 34.7. The van der Waals surface area contributed by atoms with Crippen molar-refractivity contribution in [3.05, 3.63) is 118 Å². The van der Waals surface area contributed by atoms with Gasteiger partial charge >= 0.3 is 6.18 Å². The van der Waals surface area contributed by atoms with Gasteiger partial charge in [-0.1, -0.05) is 42.0 Å². The summed E-state index contributed by atoms with van der Waals surface area (Å²) < 4.78 is 123. The van der Waals surface area contributed by atoms with Crippen molar-refractivity contribution < 1.29 is 43.6 Å². The third-order valence-corrected chi connectivity index (χ3v) is 9.31. The number of halogens is 5. The van der Waals surface area contributed by atoms with Crippen molar-refractivity contribution >= 4 is 37.5 Å². The van der Waals surface area contributed by atoms with E-state index in [4.69, 9.17) is 0 Å². The van der Waals surface area contributed by atoms with Crippen LogP contribution >= 0.6 is 0 Å². The van der Waals surface area contributed by atoms with Crippen LogP contribution in [0.15, 0.2) is 83.8 Å². The molecule has 9 nitrogen and oxygen atoms in total. The molecule has 4 aromatic rings. The highest BCUT2D eigenvalue weighted by Gasteiger charge is 2.36. The molecule has 0 aliphatic heterocycles. The first-order valence-corrected chi connectivity index (χ1v) is 17.1. The first kappa shape index (κ1) is 35.3. The molecule has 1 aromatic heterocycles. The van der Waals surface area contributed by atoms with Crippen LogP contribution in [0.2, 0.25) is 0 Å². The van der Waals surface area contributed by atoms with Crippen LogP contribution in [-0.2, 0) is 44.1 Å². The molecule has 0 aliphatic carbocycles. The van der Waals surface area contributed by atoms with Gasteiger partial charge in [0.1, 0.15) is 23.1 Å². The minimum Gasteiger partial charge on any atom is -0.351 e. The lowest BCUT2D eigenvalue weighted by Gasteiger charge is -2.27. The average molecular weight is 697 g/mol. The summed E-state index contributed by atoms with van der Waals surface area (Å²) in [6, 6.07) is 15.3. The van der Waals surface area contributed by atoms with Crippen LogP contribution in [-0.4, -0.2) is 34.0 Å². The molecule has 0 fully saturated rings.